The van der Waals surface area contributed by atoms with Gasteiger partial charge in [0.05, 0.1) is 5.92 Å². The predicted molar refractivity (Wildman–Crippen MR) is 79.8 cm³/mol. The van der Waals surface area contributed by atoms with E-state index in [1.54, 1.807) is 12.1 Å². The van der Waals surface area contributed by atoms with Crippen LogP contribution in [0.2, 0.25) is 0 Å². The molecule has 23 heavy (non-hydrogen) atoms. The molecule has 1 aliphatic rings. The highest BCUT2D eigenvalue weighted by atomic mass is 19.4. The molecule has 1 aromatic carbocycles. The monoisotopic (exact) mass is 328 g/mol. The van der Waals surface area contributed by atoms with Gasteiger partial charge in [0.15, 0.2) is 0 Å². The van der Waals surface area contributed by atoms with Gasteiger partial charge in [0, 0.05) is 18.8 Å². The van der Waals surface area contributed by atoms with E-state index in [0.29, 0.717) is 18.5 Å². The van der Waals surface area contributed by atoms with Crippen LogP contribution < -0.4 is 5.32 Å². The minimum absolute atomic E-state index is 0.0354. The average molecular weight is 328 g/mol. The van der Waals surface area contributed by atoms with E-state index in [-0.39, 0.29) is 19.0 Å². The highest BCUT2D eigenvalue weighted by molar-refractivity contribution is 5.94. The number of carbonyl (C=O) groups is 2. The lowest BCUT2D eigenvalue weighted by atomic mass is 9.96. The van der Waals surface area contributed by atoms with E-state index in [1.165, 1.54) is 0 Å². The Morgan fingerprint density at radius 2 is 2.00 bits per heavy atom. The highest BCUT2D eigenvalue weighted by Gasteiger charge is 2.44. The number of halogens is 3. The van der Waals surface area contributed by atoms with Crippen molar-refractivity contribution in [3.05, 3.63) is 29.8 Å². The first kappa shape index (κ1) is 17.3. The minimum atomic E-state index is -4.90. The van der Waals surface area contributed by atoms with Crippen LogP contribution in [0, 0.1) is 5.92 Å². The topological polar surface area (TPSA) is 49.4 Å². The van der Waals surface area contributed by atoms with Crippen LogP contribution in [0.15, 0.2) is 24.3 Å². The summed E-state index contributed by atoms with van der Waals surface area (Å²) in [6.07, 6.45) is -3.30. The van der Waals surface area contributed by atoms with Gasteiger partial charge < -0.3 is 10.2 Å². The Hall–Kier alpha value is -2.05. The second-order valence-corrected chi connectivity index (χ2v) is 5.59. The van der Waals surface area contributed by atoms with E-state index >= 15 is 0 Å². The zero-order chi connectivity index (χ0) is 17.0. The number of alkyl halides is 3. The second kappa shape index (κ2) is 7.02. The Labute approximate surface area is 132 Å². The molecule has 4 nitrogen and oxygen atoms in total. The standard InChI is InChI=1S/C16H19F3N2O2/c1-2-11-6-3-4-8-13(11)20-14(22)12-7-5-9-21(10-12)15(23)16(17,18)19/h3-4,6,8,12H,2,5,7,9-10H2,1H3,(H,20,22). The van der Waals surface area contributed by atoms with Crippen molar-refractivity contribution >= 4 is 17.5 Å². The van der Waals surface area contributed by atoms with Gasteiger partial charge in [-0.15, -0.1) is 0 Å². The molecular formula is C16H19F3N2O2. The van der Waals surface area contributed by atoms with E-state index in [2.05, 4.69) is 5.32 Å². The molecule has 1 heterocycles. The zero-order valence-electron chi connectivity index (χ0n) is 12.8. The Balaban J connectivity index is 2.03. The molecule has 2 rings (SSSR count). The molecule has 0 radical (unpaired) electrons. The molecule has 1 fully saturated rings. The molecule has 126 valence electrons. The fourth-order valence-corrected chi connectivity index (χ4v) is 2.74. The van der Waals surface area contributed by atoms with Crippen LogP contribution >= 0.6 is 0 Å². The number of carbonyl (C=O) groups excluding carboxylic acids is 2. The molecule has 1 saturated heterocycles. The third-order valence-electron chi connectivity index (χ3n) is 3.98. The van der Waals surface area contributed by atoms with Crippen LogP contribution in [-0.4, -0.2) is 36.0 Å². The van der Waals surface area contributed by atoms with E-state index < -0.39 is 18.0 Å². The fourth-order valence-electron chi connectivity index (χ4n) is 2.74. The number of hydrogen-bond donors (Lipinski definition) is 1. The van der Waals surface area contributed by atoms with Crippen molar-refractivity contribution in [3.63, 3.8) is 0 Å². The largest absolute Gasteiger partial charge is 0.471 e. The minimum Gasteiger partial charge on any atom is -0.334 e. The molecular weight excluding hydrogens is 309 g/mol. The lowest BCUT2D eigenvalue weighted by Gasteiger charge is -2.32. The first-order chi connectivity index (χ1) is 10.8. The number of hydrogen-bond acceptors (Lipinski definition) is 2. The number of piperidine rings is 1. The van der Waals surface area contributed by atoms with Gasteiger partial charge in [-0.3, -0.25) is 9.59 Å². The predicted octanol–water partition coefficient (Wildman–Crippen LogP) is 2.99. The number of likely N-dealkylation sites (tertiary alicyclic amines) is 1. The van der Waals surface area contributed by atoms with Gasteiger partial charge in [-0.2, -0.15) is 13.2 Å². The van der Waals surface area contributed by atoms with Crippen LogP contribution in [0.25, 0.3) is 0 Å². The summed E-state index contributed by atoms with van der Waals surface area (Å²) in [7, 11) is 0. The Kier molecular flexibility index (Phi) is 5.28. The molecule has 7 heteroatoms. The lowest BCUT2D eigenvalue weighted by molar-refractivity contribution is -0.187. The summed E-state index contributed by atoms with van der Waals surface area (Å²) in [5, 5.41) is 2.77. The maximum absolute atomic E-state index is 12.5. The molecule has 0 aromatic heterocycles. The molecule has 1 aliphatic heterocycles. The van der Waals surface area contributed by atoms with Gasteiger partial charge in [0.1, 0.15) is 0 Å². The fraction of sp³-hybridized carbons (Fsp3) is 0.500. The molecule has 0 aliphatic carbocycles. The van der Waals surface area contributed by atoms with Crippen molar-refractivity contribution in [2.45, 2.75) is 32.4 Å². The highest BCUT2D eigenvalue weighted by Crippen LogP contribution is 2.25. The van der Waals surface area contributed by atoms with Crippen LogP contribution in [0.4, 0.5) is 18.9 Å². The molecule has 0 bridgehead atoms. The number of rotatable bonds is 3. The lowest BCUT2D eigenvalue weighted by Crippen LogP contribution is -2.48. The van der Waals surface area contributed by atoms with Crippen molar-refractivity contribution < 1.29 is 22.8 Å². The van der Waals surface area contributed by atoms with Gasteiger partial charge in [0.2, 0.25) is 5.91 Å². The summed E-state index contributed by atoms with van der Waals surface area (Å²) >= 11 is 0. The zero-order valence-corrected chi connectivity index (χ0v) is 12.8. The number of aryl methyl sites for hydroxylation is 1. The molecule has 0 saturated carbocycles. The van der Waals surface area contributed by atoms with Crippen molar-refractivity contribution in [2.24, 2.45) is 5.92 Å². The van der Waals surface area contributed by atoms with E-state index in [0.717, 1.165) is 16.9 Å². The second-order valence-electron chi connectivity index (χ2n) is 5.59. The number of amides is 2. The quantitative estimate of drug-likeness (QED) is 0.927. The molecule has 1 aromatic rings. The van der Waals surface area contributed by atoms with Gasteiger partial charge in [-0.1, -0.05) is 25.1 Å². The summed E-state index contributed by atoms with van der Waals surface area (Å²) in [5.74, 6) is -2.84. The smallest absolute Gasteiger partial charge is 0.334 e. The summed E-state index contributed by atoms with van der Waals surface area (Å²) in [6, 6.07) is 7.29. The van der Waals surface area contributed by atoms with Gasteiger partial charge in [-0.05, 0) is 30.9 Å². The third-order valence-corrected chi connectivity index (χ3v) is 3.98. The summed E-state index contributed by atoms with van der Waals surface area (Å²) in [4.78, 5) is 24.4. The van der Waals surface area contributed by atoms with E-state index in [9.17, 15) is 22.8 Å². The van der Waals surface area contributed by atoms with Gasteiger partial charge in [-0.25, -0.2) is 0 Å². The molecule has 1 N–H and O–H groups in total. The Morgan fingerprint density at radius 1 is 1.30 bits per heavy atom. The number of nitrogens with one attached hydrogen (secondary N) is 1. The van der Waals surface area contributed by atoms with Crippen LogP contribution in [0.3, 0.4) is 0 Å². The van der Waals surface area contributed by atoms with E-state index in [1.807, 2.05) is 19.1 Å². The third kappa shape index (κ3) is 4.24. The van der Waals surface area contributed by atoms with E-state index in [4.69, 9.17) is 0 Å². The Bertz CT molecular complexity index is 587. The first-order valence-corrected chi connectivity index (χ1v) is 7.57. The average Bonchev–Trinajstić information content (AvgIpc) is 2.54. The number of anilines is 1. The first-order valence-electron chi connectivity index (χ1n) is 7.57. The maximum Gasteiger partial charge on any atom is 0.471 e. The number of para-hydroxylation sites is 1. The van der Waals surface area contributed by atoms with Crippen LogP contribution in [-0.2, 0) is 16.0 Å². The van der Waals surface area contributed by atoms with Crippen LogP contribution in [0.5, 0.6) is 0 Å². The van der Waals surface area contributed by atoms with Crippen molar-refractivity contribution in [3.8, 4) is 0 Å². The van der Waals surface area contributed by atoms with Gasteiger partial charge in [0.25, 0.3) is 0 Å². The summed E-state index contributed by atoms with van der Waals surface area (Å²) < 4.78 is 37.5. The molecule has 1 unspecified atom stereocenters. The molecule has 1 atom stereocenters. The summed E-state index contributed by atoms with van der Waals surface area (Å²) in [5.41, 5.74) is 1.62. The maximum atomic E-state index is 12.5. The van der Waals surface area contributed by atoms with Crippen molar-refractivity contribution in [2.75, 3.05) is 18.4 Å². The van der Waals surface area contributed by atoms with Crippen molar-refractivity contribution in [1.29, 1.82) is 0 Å². The van der Waals surface area contributed by atoms with Gasteiger partial charge >= 0.3 is 12.1 Å². The molecule has 2 amide bonds. The summed E-state index contributed by atoms with van der Waals surface area (Å²) in [6.45, 7) is 1.79. The number of nitrogens with zero attached hydrogens (tertiary/aromatic N) is 1. The number of benzene rings is 1. The SMILES string of the molecule is CCc1ccccc1NC(=O)C1CCCN(C(=O)C(F)(F)F)C1. The van der Waals surface area contributed by atoms with Crippen molar-refractivity contribution in [1.82, 2.24) is 4.90 Å². The molecule has 0 spiro atoms. The van der Waals surface area contributed by atoms with Crippen LogP contribution in [0.1, 0.15) is 25.3 Å². The Morgan fingerprint density at radius 3 is 2.65 bits per heavy atom. The normalized spacial score (nSPS) is 18.6.